The first-order valence-corrected chi connectivity index (χ1v) is 6.30. The fourth-order valence-corrected chi connectivity index (χ4v) is 2.17. The Hall–Kier alpha value is -1.26. The molecule has 1 atom stereocenters. The second kappa shape index (κ2) is 6.07. The maximum Gasteiger partial charge on any atom is 0.339 e. The number of carbonyl (C=O) groups excluding carboxylic acids is 1. The highest BCUT2D eigenvalue weighted by Crippen LogP contribution is 2.23. The van der Waals surface area contributed by atoms with Crippen molar-refractivity contribution >= 4 is 23.3 Å². The van der Waals surface area contributed by atoms with Crippen molar-refractivity contribution in [3.63, 3.8) is 0 Å². The van der Waals surface area contributed by atoms with Crippen LogP contribution in [0.5, 0.6) is 0 Å². The fraction of sp³-hybridized carbons (Fsp3) is 0.462. The quantitative estimate of drug-likeness (QED) is 0.857. The molecule has 0 aromatic heterocycles. The zero-order valence-corrected chi connectivity index (χ0v) is 11.0. The van der Waals surface area contributed by atoms with Crippen LogP contribution in [0.25, 0.3) is 0 Å². The molecular weight excluding hydrogens is 254 g/mol. The first-order chi connectivity index (χ1) is 8.70. The lowest BCUT2D eigenvalue weighted by molar-refractivity contribution is 0.0601. The Morgan fingerprint density at radius 1 is 1.56 bits per heavy atom. The van der Waals surface area contributed by atoms with Gasteiger partial charge < -0.3 is 14.8 Å². The van der Waals surface area contributed by atoms with E-state index < -0.39 is 5.97 Å². The average molecular weight is 270 g/mol. The smallest absolute Gasteiger partial charge is 0.339 e. The number of rotatable bonds is 3. The highest BCUT2D eigenvalue weighted by molar-refractivity contribution is 6.33. The molecule has 1 aliphatic heterocycles. The maximum absolute atomic E-state index is 11.5. The molecule has 1 fully saturated rings. The van der Waals surface area contributed by atoms with Gasteiger partial charge in [-0.2, -0.15) is 0 Å². The summed E-state index contributed by atoms with van der Waals surface area (Å²) in [5, 5.41) is 3.73. The van der Waals surface area contributed by atoms with Gasteiger partial charge in [-0.15, -0.1) is 0 Å². The van der Waals surface area contributed by atoms with Crippen LogP contribution >= 0.6 is 11.6 Å². The topological polar surface area (TPSA) is 47.6 Å². The molecule has 1 aliphatic rings. The summed E-state index contributed by atoms with van der Waals surface area (Å²) >= 11 is 5.96. The van der Waals surface area contributed by atoms with Gasteiger partial charge in [0.25, 0.3) is 0 Å². The van der Waals surface area contributed by atoms with Crippen LogP contribution in [0.3, 0.4) is 0 Å². The van der Waals surface area contributed by atoms with E-state index in [0.29, 0.717) is 17.2 Å². The van der Waals surface area contributed by atoms with Crippen LogP contribution in [0.2, 0.25) is 5.02 Å². The molecule has 0 radical (unpaired) electrons. The third-order valence-corrected chi connectivity index (χ3v) is 3.23. The summed E-state index contributed by atoms with van der Waals surface area (Å²) in [7, 11) is 1.34. The number of esters is 1. The molecule has 1 unspecified atom stereocenters. The van der Waals surface area contributed by atoms with Crippen molar-refractivity contribution < 1.29 is 14.3 Å². The fourth-order valence-electron chi connectivity index (χ4n) is 1.97. The van der Waals surface area contributed by atoms with Crippen LogP contribution in [-0.4, -0.2) is 32.3 Å². The molecule has 98 valence electrons. The second-order valence-electron chi connectivity index (χ2n) is 4.24. The minimum absolute atomic E-state index is 0.283. The molecule has 2 rings (SSSR count). The number of ether oxygens (including phenoxy) is 2. The van der Waals surface area contributed by atoms with Gasteiger partial charge >= 0.3 is 5.97 Å². The summed E-state index contributed by atoms with van der Waals surface area (Å²) in [6.45, 7) is 1.52. The standard InChI is InChI=1S/C13H16ClNO3/c1-17-13(16)11-7-9(4-5-12(11)14)15-10-3-2-6-18-8-10/h4-5,7,10,15H,2-3,6,8H2,1H3. The Labute approximate surface area is 111 Å². The van der Waals surface area contributed by atoms with Crippen LogP contribution in [-0.2, 0) is 9.47 Å². The minimum Gasteiger partial charge on any atom is -0.465 e. The Morgan fingerprint density at radius 3 is 3.06 bits per heavy atom. The molecule has 0 saturated carbocycles. The lowest BCUT2D eigenvalue weighted by Gasteiger charge is -2.24. The summed E-state index contributed by atoms with van der Waals surface area (Å²) in [5.41, 5.74) is 1.23. The van der Waals surface area contributed by atoms with Crippen molar-refractivity contribution in [2.75, 3.05) is 25.6 Å². The van der Waals surface area contributed by atoms with Crippen LogP contribution in [0.4, 0.5) is 5.69 Å². The molecule has 4 nitrogen and oxygen atoms in total. The minimum atomic E-state index is -0.427. The van der Waals surface area contributed by atoms with E-state index in [9.17, 15) is 4.79 Å². The molecule has 18 heavy (non-hydrogen) atoms. The van der Waals surface area contributed by atoms with E-state index in [2.05, 4.69) is 10.1 Å². The summed E-state index contributed by atoms with van der Waals surface area (Å²) in [6, 6.07) is 5.54. The van der Waals surface area contributed by atoms with Gasteiger partial charge in [0, 0.05) is 18.3 Å². The molecule has 0 spiro atoms. The summed E-state index contributed by atoms with van der Waals surface area (Å²) in [4.78, 5) is 11.5. The number of methoxy groups -OCH3 is 1. The van der Waals surface area contributed by atoms with Crippen molar-refractivity contribution in [1.82, 2.24) is 0 Å². The normalized spacial score (nSPS) is 19.3. The predicted molar refractivity (Wildman–Crippen MR) is 70.3 cm³/mol. The molecule has 5 heteroatoms. The van der Waals surface area contributed by atoms with E-state index in [-0.39, 0.29) is 6.04 Å². The predicted octanol–water partition coefficient (Wildman–Crippen LogP) is 2.72. The maximum atomic E-state index is 11.5. The third-order valence-electron chi connectivity index (χ3n) is 2.90. The van der Waals surface area contributed by atoms with Crippen LogP contribution in [0.15, 0.2) is 18.2 Å². The van der Waals surface area contributed by atoms with E-state index in [4.69, 9.17) is 16.3 Å². The van der Waals surface area contributed by atoms with Crippen molar-refractivity contribution in [3.05, 3.63) is 28.8 Å². The molecule has 1 aromatic carbocycles. The molecule has 0 amide bonds. The average Bonchev–Trinajstić information content (AvgIpc) is 2.41. The molecule has 0 bridgehead atoms. The van der Waals surface area contributed by atoms with Crippen LogP contribution in [0.1, 0.15) is 23.2 Å². The molecule has 1 heterocycles. The number of anilines is 1. The van der Waals surface area contributed by atoms with Gasteiger partial charge in [-0.05, 0) is 31.0 Å². The summed E-state index contributed by atoms with van der Waals surface area (Å²) in [6.07, 6.45) is 2.12. The Balaban J connectivity index is 2.11. The largest absolute Gasteiger partial charge is 0.465 e. The number of hydrogen-bond acceptors (Lipinski definition) is 4. The molecule has 1 aromatic rings. The lowest BCUT2D eigenvalue weighted by Crippen LogP contribution is -2.30. The number of hydrogen-bond donors (Lipinski definition) is 1. The van der Waals surface area contributed by atoms with Gasteiger partial charge in [0.15, 0.2) is 0 Å². The SMILES string of the molecule is COC(=O)c1cc(NC2CCCOC2)ccc1Cl. The van der Waals surface area contributed by atoms with Gasteiger partial charge in [-0.1, -0.05) is 11.6 Å². The molecule has 0 aliphatic carbocycles. The zero-order valence-electron chi connectivity index (χ0n) is 10.2. The van der Waals surface area contributed by atoms with E-state index in [0.717, 1.165) is 25.1 Å². The van der Waals surface area contributed by atoms with Gasteiger partial charge in [0.05, 0.1) is 24.3 Å². The Bertz CT molecular complexity index is 430. The first-order valence-electron chi connectivity index (χ1n) is 5.93. The lowest BCUT2D eigenvalue weighted by atomic mass is 10.1. The number of nitrogens with one attached hydrogen (secondary N) is 1. The van der Waals surface area contributed by atoms with E-state index in [1.165, 1.54) is 7.11 Å². The number of halogens is 1. The van der Waals surface area contributed by atoms with Crippen LogP contribution < -0.4 is 5.32 Å². The molecule has 1 saturated heterocycles. The highest BCUT2D eigenvalue weighted by atomic mass is 35.5. The summed E-state index contributed by atoms with van der Waals surface area (Å²) < 4.78 is 10.1. The van der Waals surface area contributed by atoms with Gasteiger partial charge in [-0.25, -0.2) is 4.79 Å². The number of benzene rings is 1. The van der Waals surface area contributed by atoms with E-state index >= 15 is 0 Å². The highest BCUT2D eigenvalue weighted by Gasteiger charge is 2.16. The van der Waals surface area contributed by atoms with Gasteiger partial charge in [-0.3, -0.25) is 0 Å². The molecular formula is C13H16ClNO3. The number of carbonyl (C=O) groups is 1. The van der Waals surface area contributed by atoms with Crippen molar-refractivity contribution in [3.8, 4) is 0 Å². The van der Waals surface area contributed by atoms with Crippen molar-refractivity contribution in [2.24, 2.45) is 0 Å². The van der Waals surface area contributed by atoms with Gasteiger partial charge in [0.2, 0.25) is 0 Å². The monoisotopic (exact) mass is 269 g/mol. The van der Waals surface area contributed by atoms with E-state index in [1.807, 2.05) is 6.07 Å². The van der Waals surface area contributed by atoms with Gasteiger partial charge in [0.1, 0.15) is 0 Å². The third kappa shape index (κ3) is 3.15. The first kappa shape index (κ1) is 13.2. The van der Waals surface area contributed by atoms with Crippen molar-refractivity contribution in [2.45, 2.75) is 18.9 Å². The summed E-state index contributed by atoms with van der Waals surface area (Å²) in [5.74, 6) is -0.427. The second-order valence-corrected chi connectivity index (χ2v) is 4.65. The van der Waals surface area contributed by atoms with E-state index in [1.54, 1.807) is 12.1 Å². The zero-order chi connectivity index (χ0) is 13.0. The molecule has 1 N–H and O–H groups in total. The van der Waals surface area contributed by atoms with Crippen LogP contribution in [0, 0.1) is 0 Å². The Kier molecular flexibility index (Phi) is 4.44. The Morgan fingerprint density at radius 2 is 2.39 bits per heavy atom. The van der Waals surface area contributed by atoms with Crippen molar-refractivity contribution in [1.29, 1.82) is 0 Å².